The molecular weight excluding hydrogens is 300 g/mol. The van der Waals surface area contributed by atoms with E-state index in [0.29, 0.717) is 5.91 Å². The normalized spacial score (nSPS) is 20.6. The van der Waals surface area contributed by atoms with Crippen LogP contribution >= 0.6 is 0 Å². The van der Waals surface area contributed by atoms with E-state index in [1.807, 2.05) is 16.5 Å². The topological polar surface area (TPSA) is 51.0 Å². The second kappa shape index (κ2) is 5.72. The molecule has 0 radical (unpaired) electrons. The third kappa shape index (κ3) is 2.62. The van der Waals surface area contributed by atoms with Crippen molar-refractivity contribution in [1.29, 1.82) is 0 Å². The first-order valence-electron chi connectivity index (χ1n) is 8.86. The van der Waals surface area contributed by atoms with Gasteiger partial charge in [-0.3, -0.25) is 4.79 Å². The van der Waals surface area contributed by atoms with Gasteiger partial charge < -0.3 is 4.90 Å². The summed E-state index contributed by atoms with van der Waals surface area (Å²) in [7, 11) is 0. The van der Waals surface area contributed by atoms with Crippen LogP contribution < -0.4 is 0 Å². The Morgan fingerprint density at radius 3 is 2.67 bits per heavy atom. The molecule has 1 atom stereocenters. The van der Waals surface area contributed by atoms with E-state index in [9.17, 15) is 4.79 Å². The van der Waals surface area contributed by atoms with Crippen LogP contribution in [-0.4, -0.2) is 32.1 Å². The van der Waals surface area contributed by atoms with E-state index < -0.39 is 0 Å². The van der Waals surface area contributed by atoms with Crippen LogP contribution in [0.4, 0.5) is 0 Å². The Bertz CT molecular complexity index is 791. The maximum absolute atomic E-state index is 12.6. The van der Waals surface area contributed by atoms with Crippen molar-refractivity contribution in [1.82, 2.24) is 19.7 Å². The van der Waals surface area contributed by atoms with E-state index in [0.717, 1.165) is 49.6 Å². The number of carbonyl (C=O) groups excluding carboxylic acids is 1. The van der Waals surface area contributed by atoms with Crippen molar-refractivity contribution in [3.8, 4) is 5.69 Å². The van der Waals surface area contributed by atoms with E-state index in [-0.39, 0.29) is 12.0 Å². The van der Waals surface area contributed by atoms with Crippen LogP contribution in [-0.2, 0) is 4.79 Å². The van der Waals surface area contributed by atoms with Gasteiger partial charge in [-0.15, -0.1) is 0 Å². The van der Waals surface area contributed by atoms with Crippen LogP contribution in [0.25, 0.3) is 5.69 Å². The molecule has 1 aliphatic carbocycles. The van der Waals surface area contributed by atoms with Crippen LogP contribution in [0.3, 0.4) is 0 Å². The van der Waals surface area contributed by atoms with Gasteiger partial charge in [0.1, 0.15) is 5.82 Å². The molecule has 5 nitrogen and oxygen atoms in total. The molecule has 1 aliphatic heterocycles. The maximum Gasteiger partial charge on any atom is 0.226 e. The highest BCUT2D eigenvalue weighted by atomic mass is 16.2. The fourth-order valence-electron chi connectivity index (χ4n) is 3.73. The molecule has 24 heavy (non-hydrogen) atoms. The van der Waals surface area contributed by atoms with Crippen molar-refractivity contribution in [2.24, 2.45) is 5.92 Å². The van der Waals surface area contributed by atoms with Crippen LogP contribution in [0.5, 0.6) is 0 Å². The van der Waals surface area contributed by atoms with E-state index in [4.69, 9.17) is 4.98 Å². The summed E-state index contributed by atoms with van der Waals surface area (Å²) >= 11 is 0. The molecule has 4 rings (SSSR count). The number of likely N-dealkylation sites (tertiary alicyclic amines) is 1. The van der Waals surface area contributed by atoms with Gasteiger partial charge in [-0.25, -0.2) is 9.67 Å². The number of amides is 1. The number of nitrogens with zero attached hydrogens (tertiary/aromatic N) is 4. The van der Waals surface area contributed by atoms with Crippen molar-refractivity contribution in [3.05, 3.63) is 41.0 Å². The summed E-state index contributed by atoms with van der Waals surface area (Å²) in [6, 6.07) is 6.42. The number of hydrogen-bond donors (Lipinski definition) is 0. The van der Waals surface area contributed by atoms with Crippen molar-refractivity contribution in [3.63, 3.8) is 0 Å². The monoisotopic (exact) mass is 324 g/mol. The minimum Gasteiger partial charge on any atom is -0.332 e. The highest BCUT2D eigenvalue weighted by Gasteiger charge is 2.40. The first-order valence-corrected chi connectivity index (χ1v) is 8.86. The van der Waals surface area contributed by atoms with Crippen molar-refractivity contribution < 1.29 is 4.79 Å². The highest BCUT2D eigenvalue weighted by Crippen LogP contribution is 2.38. The summed E-state index contributed by atoms with van der Waals surface area (Å²) in [5.74, 6) is 2.23. The van der Waals surface area contributed by atoms with Gasteiger partial charge in [0.2, 0.25) is 5.91 Å². The predicted octanol–water partition coefficient (Wildman–Crippen LogP) is 3.27. The van der Waals surface area contributed by atoms with Crippen molar-refractivity contribution in [2.45, 2.75) is 52.5 Å². The van der Waals surface area contributed by atoms with Crippen molar-refractivity contribution >= 4 is 5.91 Å². The molecule has 1 aromatic heterocycles. The lowest BCUT2D eigenvalue weighted by molar-refractivity contribution is -0.133. The number of aromatic nitrogens is 3. The molecule has 0 unspecified atom stereocenters. The average Bonchev–Trinajstić information content (AvgIpc) is 3.15. The zero-order chi connectivity index (χ0) is 16.8. The molecular formula is C19H24N4O. The molecule has 0 spiro atoms. The third-order valence-corrected chi connectivity index (χ3v) is 5.08. The van der Waals surface area contributed by atoms with Gasteiger partial charge in [0.15, 0.2) is 5.82 Å². The van der Waals surface area contributed by atoms with Crippen molar-refractivity contribution in [2.75, 3.05) is 6.54 Å². The summed E-state index contributed by atoms with van der Waals surface area (Å²) in [6.45, 7) is 6.96. The van der Waals surface area contributed by atoms with Gasteiger partial charge in [0.05, 0.1) is 11.7 Å². The molecule has 1 saturated carbocycles. The quantitative estimate of drug-likeness (QED) is 0.871. The number of hydrogen-bond acceptors (Lipinski definition) is 3. The second-order valence-corrected chi connectivity index (χ2v) is 7.18. The predicted molar refractivity (Wildman–Crippen MR) is 92.0 cm³/mol. The average molecular weight is 324 g/mol. The minimum absolute atomic E-state index is 0.0556. The van der Waals surface area contributed by atoms with Crippen LogP contribution in [0.1, 0.15) is 54.5 Å². The summed E-state index contributed by atoms with van der Waals surface area (Å²) in [6.07, 6.45) is 4.11. The first kappa shape index (κ1) is 15.4. The molecule has 126 valence electrons. The number of benzene rings is 1. The van der Waals surface area contributed by atoms with E-state index in [1.165, 1.54) is 11.1 Å². The maximum atomic E-state index is 12.6. The van der Waals surface area contributed by atoms with Crippen LogP contribution in [0, 0.1) is 26.7 Å². The van der Waals surface area contributed by atoms with Crippen LogP contribution in [0.2, 0.25) is 0 Å². The van der Waals surface area contributed by atoms with E-state index in [2.05, 4.69) is 37.1 Å². The highest BCUT2D eigenvalue weighted by molar-refractivity contribution is 5.81. The SMILES string of the molecule is Cc1ccc(-n2nc(C)nc2[C@@H]2CCCN2C(=O)C2CC2)c(C)c1. The summed E-state index contributed by atoms with van der Waals surface area (Å²) in [4.78, 5) is 19.4. The summed E-state index contributed by atoms with van der Waals surface area (Å²) in [5.41, 5.74) is 3.47. The molecule has 0 bridgehead atoms. The smallest absolute Gasteiger partial charge is 0.226 e. The van der Waals surface area contributed by atoms with Crippen LogP contribution in [0.15, 0.2) is 18.2 Å². The van der Waals surface area contributed by atoms with E-state index in [1.54, 1.807) is 0 Å². The lowest BCUT2D eigenvalue weighted by atomic mass is 10.1. The van der Waals surface area contributed by atoms with Gasteiger partial charge in [-0.1, -0.05) is 17.7 Å². The molecule has 0 N–H and O–H groups in total. The van der Waals surface area contributed by atoms with Gasteiger partial charge in [0.25, 0.3) is 0 Å². The zero-order valence-electron chi connectivity index (χ0n) is 14.6. The number of carbonyl (C=O) groups is 1. The second-order valence-electron chi connectivity index (χ2n) is 7.18. The Hall–Kier alpha value is -2.17. The Balaban J connectivity index is 1.74. The lowest BCUT2D eigenvalue weighted by Crippen LogP contribution is -2.33. The van der Waals surface area contributed by atoms with Gasteiger partial charge in [-0.2, -0.15) is 5.10 Å². The van der Waals surface area contributed by atoms with Gasteiger partial charge in [-0.05, 0) is 58.1 Å². The zero-order valence-corrected chi connectivity index (χ0v) is 14.6. The Kier molecular flexibility index (Phi) is 3.66. The molecule has 1 saturated heterocycles. The lowest BCUT2D eigenvalue weighted by Gasteiger charge is -2.24. The Morgan fingerprint density at radius 2 is 1.96 bits per heavy atom. The summed E-state index contributed by atoms with van der Waals surface area (Å²) < 4.78 is 1.95. The number of aryl methyl sites for hydroxylation is 3. The first-order chi connectivity index (χ1) is 11.5. The fraction of sp³-hybridized carbons (Fsp3) is 0.526. The standard InChI is InChI=1S/C19H24N4O/c1-12-6-9-16(13(2)11-12)23-18(20-14(3)21-23)17-5-4-10-22(17)19(24)15-7-8-15/h6,9,11,15,17H,4-5,7-8,10H2,1-3H3/t17-/m0/s1. The third-order valence-electron chi connectivity index (χ3n) is 5.08. The molecule has 5 heteroatoms. The van der Waals surface area contributed by atoms with Gasteiger partial charge in [0, 0.05) is 12.5 Å². The Labute approximate surface area is 142 Å². The van der Waals surface area contributed by atoms with E-state index >= 15 is 0 Å². The molecule has 2 fully saturated rings. The number of rotatable bonds is 3. The Morgan fingerprint density at radius 1 is 1.17 bits per heavy atom. The summed E-state index contributed by atoms with van der Waals surface area (Å²) in [5, 5.41) is 4.64. The molecule has 2 heterocycles. The van der Waals surface area contributed by atoms with Gasteiger partial charge >= 0.3 is 0 Å². The molecule has 2 aliphatic rings. The minimum atomic E-state index is 0.0556. The largest absolute Gasteiger partial charge is 0.332 e. The fourth-order valence-corrected chi connectivity index (χ4v) is 3.73. The molecule has 2 aromatic rings. The molecule has 1 aromatic carbocycles. The molecule has 1 amide bonds.